The summed E-state index contributed by atoms with van der Waals surface area (Å²) in [6, 6.07) is 6.34. The first kappa shape index (κ1) is 15.8. The molecule has 3 aliphatic heterocycles. The first-order chi connectivity index (χ1) is 11.7. The maximum absolute atomic E-state index is 13.6. The Balaban J connectivity index is 1.25. The van der Waals surface area contributed by atoms with Crippen LogP contribution < -0.4 is 5.32 Å². The van der Waals surface area contributed by atoms with Gasteiger partial charge in [-0.05, 0) is 12.1 Å². The first-order valence-corrected chi connectivity index (χ1v) is 8.48. The van der Waals surface area contributed by atoms with Crippen molar-refractivity contribution in [2.75, 3.05) is 44.7 Å². The molecule has 1 N–H and O–H groups in total. The van der Waals surface area contributed by atoms with Crippen molar-refractivity contribution < 1.29 is 18.7 Å². The lowest BCUT2D eigenvalue weighted by Crippen LogP contribution is -2.64. The molecule has 4 rings (SSSR count). The zero-order chi connectivity index (χ0) is 16.6. The number of nitrogens with zero attached hydrogens (tertiary/aromatic N) is 2. The highest BCUT2D eigenvalue weighted by molar-refractivity contribution is 5.90. The number of hydrogen-bond acceptors (Lipinski definition) is 4. The number of likely N-dealkylation sites (tertiary alicyclic amines) is 2. The number of urea groups is 1. The molecule has 0 unspecified atom stereocenters. The molecule has 3 heterocycles. The number of carbonyl (C=O) groups excluding carboxylic acids is 1. The molecular weight excluding hydrogens is 313 g/mol. The van der Waals surface area contributed by atoms with Gasteiger partial charge in [-0.1, -0.05) is 12.1 Å². The molecule has 1 aromatic rings. The average molecular weight is 335 g/mol. The van der Waals surface area contributed by atoms with E-state index < -0.39 is 5.82 Å². The van der Waals surface area contributed by atoms with Crippen molar-refractivity contribution in [3.05, 3.63) is 30.1 Å². The van der Waals surface area contributed by atoms with Crippen LogP contribution in [0.2, 0.25) is 0 Å². The Hall–Kier alpha value is -1.70. The fraction of sp³-hybridized carbons (Fsp3) is 0.588. The van der Waals surface area contributed by atoms with Gasteiger partial charge in [0.1, 0.15) is 5.82 Å². The predicted octanol–water partition coefficient (Wildman–Crippen LogP) is 1.88. The fourth-order valence-corrected chi connectivity index (χ4v) is 3.62. The third kappa shape index (κ3) is 2.99. The molecule has 0 aromatic heterocycles. The molecule has 6 nitrogen and oxygen atoms in total. The van der Waals surface area contributed by atoms with E-state index in [0.717, 1.165) is 25.9 Å². The smallest absolute Gasteiger partial charge is 0.322 e. The Morgan fingerprint density at radius 3 is 2.50 bits per heavy atom. The van der Waals surface area contributed by atoms with Crippen LogP contribution in [0, 0.1) is 5.82 Å². The summed E-state index contributed by atoms with van der Waals surface area (Å²) in [6.07, 6.45) is 1.76. The second kappa shape index (κ2) is 6.31. The van der Waals surface area contributed by atoms with Gasteiger partial charge in [-0.3, -0.25) is 4.90 Å². The molecule has 0 radical (unpaired) electrons. The highest BCUT2D eigenvalue weighted by atomic mass is 19.1. The van der Waals surface area contributed by atoms with Gasteiger partial charge in [0.15, 0.2) is 5.79 Å². The van der Waals surface area contributed by atoms with Crippen LogP contribution in [0.1, 0.15) is 12.8 Å². The maximum atomic E-state index is 13.6. The van der Waals surface area contributed by atoms with Crippen LogP contribution in [0.25, 0.3) is 0 Å². The second-order valence-corrected chi connectivity index (χ2v) is 6.61. The molecule has 0 saturated carbocycles. The number of anilines is 1. The quantitative estimate of drug-likeness (QED) is 0.897. The number of hydrogen-bond donors (Lipinski definition) is 1. The molecule has 0 atom stereocenters. The van der Waals surface area contributed by atoms with E-state index in [1.54, 1.807) is 23.1 Å². The van der Waals surface area contributed by atoms with Crippen molar-refractivity contribution in [2.24, 2.45) is 0 Å². The van der Waals surface area contributed by atoms with Gasteiger partial charge in [0.25, 0.3) is 0 Å². The zero-order valence-electron chi connectivity index (χ0n) is 13.5. The first-order valence-electron chi connectivity index (χ1n) is 8.48. The molecule has 0 bridgehead atoms. The van der Waals surface area contributed by atoms with Crippen molar-refractivity contribution in [1.82, 2.24) is 9.80 Å². The summed E-state index contributed by atoms with van der Waals surface area (Å²) in [6.45, 7) is 4.58. The molecule has 7 heteroatoms. The number of amides is 2. The summed E-state index contributed by atoms with van der Waals surface area (Å²) in [7, 11) is 0. The summed E-state index contributed by atoms with van der Waals surface area (Å²) in [4.78, 5) is 16.3. The highest BCUT2D eigenvalue weighted by Gasteiger charge is 2.43. The van der Waals surface area contributed by atoms with Crippen LogP contribution in [0.3, 0.4) is 0 Å². The number of piperidine rings is 1. The topological polar surface area (TPSA) is 54.0 Å². The molecule has 24 heavy (non-hydrogen) atoms. The van der Waals surface area contributed by atoms with E-state index in [1.807, 2.05) is 0 Å². The highest BCUT2D eigenvalue weighted by Crippen LogP contribution is 2.33. The van der Waals surface area contributed by atoms with Gasteiger partial charge in [0, 0.05) is 45.1 Å². The Morgan fingerprint density at radius 2 is 1.83 bits per heavy atom. The summed E-state index contributed by atoms with van der Waals surface area (Å²) in [5.74, 6) is -0.775. The fourth-order valence-electron chi connectivity index (χ4n) is 3.62. The minimum Gasteiger partial charge on any atom is -0.347 e. The van der Waals surface area contributed by atoms with E-state index in [0.29, 0.717) is 32.3 Å². The van der Waals surface area contributed by atoms with Crippen molar-refractivity contribution in [1.29, 1.82) is 0 Å². The van der Waals surface area contributed by atoms with Gasteiger partial charge >= 0.3 is 6.03 Å². The standard InChI is InChI=1S/C17H22FN3O3/c18-14-3-1-2-4-15(14)19-16(22)21-11-13(12-21)20-7-5-17(6-8-20)23-9-10-24-17/h1-4,13H,5-12H2,(H,19,22). The molecular formula is C17H22FN3O3. The lowest BCUT2D eigenvalue weighted by Gasteiger charge is -2.48. The van der Waals surface area contributed by atoms with E-state index >= 15 is 0 Å². The van der Waals surface area contributed by atoms with Crippen molar-refractivity contribution in [3.63, 3.8) is 0 Å². The zero-order valence-corrected chi connectivity index (χ0v) is 13.5. The van der Waals surface area contributed by atoms with Gasteiger partial charge in [0.05, 0.1) is 18.9 Å². The summed E-state index contributed by atoms with van der Waals surface area (Å²) in [5, 5.41) is 2.63. The van der Waals surface area contributed by atoms with Crippen molar-refractivity contribution in [3.8, 4) is 0 Å². The van der Waals surface area contributed by atoms with E-state index in [2.05, 4.69) is 10.2 Å². The lowest BCUT2D eigenvalue weighted by atomic mass is 9.99. The minimum absolute atomic E-state index is 0.224. The lowest BCUT2D eigenvalue weighted by molar-refractivity contribution is -0.190. The average Bonchev–Trinajstić information content (AvgIpc) is 2.98. The number of nitrogens with one attached hydrogen (secondary N) is 1. The van der Waals surface area contributed by atoms with E-state index in [9.17, 15) is 9.18 Å². The van der Waals surface area contributed by atoms with Gasteiger partial charge < -0.3 is 19.7 Å². The summed E-state index contributed by atoms with van der Waals surface area (Å²) in [5.41, 5.74) is 0.224. The van der Waals surface area contributed by atoms with Gasteiger partial charge in [-0.2, -0.15) is 0 Å². The number of carbonyl (C=O) groups is 1. The number of benzene rings is 1. The Morgan fingerprint density at radius 1 is 1.17 bits per heavy atom. The third-order valence-electron chi connectivity index (χ3n) is 5.15. The Kier molecular flexibility index (Phi) is 4.15. The molecule has 1 aromatic carbocycles. The van der Waals surface area contributed by atoms with Crippen LogP contribution in [-0.4, -0.2) is 67.1 Å². The van der Waals surface area contributed by atoms with Gasteiger partial charge in [-0.15, -0.1) is 0 Å². The summed E-state index contributed by atoms with van der Waals surface area (Å²) < 4.78 is 25.1. The normalized spacial score (nSPS) is 24.1. The second-order valence-electron chi connectivity index (χ2n) is 6.61. The molecule has 2 amide bonds. The summed E-state index contributed by atoms with van der Waals surface area (Å²) >= 11 is 0. The van der Waals surface area contributed by atoms with E-state index in [1.165, 1.54) is 6.07 Å². The molecule has 3 aliphatic rings. The maximum Gasteiger partial charge on any atom is 0.322 e. The molecule has 3 fully saturated rings. The predicted molar refractivity (Wildman–Crippen MR) is 86.2 cm³/mol. The minimum atomic E-state index is -0.416. The van der Waals surface area contributed by atoms with Crippen molar-refractivity contribution >= 4 is 11.7 Å². The Bertz CT molecular complexity index is 605. The largest absolute Gasteiger partial charge is 0.347 e. The van der Waals surface area contributed by atoms with Crippen LogP contribution in [-0.2, 0) is 9.47 Å². The van der Waals surface area contributed by atoms with E-state index in [4.69, 9.17) is 9.47 Å². The van der Waals surface area contributed by atoms with Crippen molar-refractivity contribution in [2.45, 2.75) is 24.7 Å². The van der Waals surface area contributed by atoms with Crippen LogP contribution >= 0.6 is 0 Å². The van der Waals surface area contributed by atoms with Crippen LogP contribution in [0.15, 0.2) is 24.3 Å². The molecule has 3 saturated heterocycles. The van der Waals surface area contributed by atoms with Crippen LogP contribution in [0.4, 0.5) is 14.9 Å². The molecule has 130 valence electrons. The SMILES string of the molecule is O=C(Nc1ccccc1F)N1CC(N2CCC3(CC2)OCCO3)C1. The third-order valence-corrected chi connectivity index (χ3v) is 5.15. The number of halogens is 1. The monoisotopic (exact) mass is 335 g/mol. The molecule has 0 aliphatic carbocycles. The number of ether oxygens (including phenoxy) is 2. The van der Waals surface area contributed by atoms with Crippen LogP contribution in [0.5, 0.6) is 0 Å². The number of rotatable bonds is 2. The van der Waals surface area contributed by atoms with E-state index in [-0.39, 0.29) is 17.5 Å². The number of para-hydroxylation sites is 1. The Labute approximate surface area is 140 Å². The van der Waals surface area contributed by atoms with Gasteiger partial charge in [0.2, 0.25) is 0 Å². The van der Waals surface area contributed by atoms with Gasteiger partial charge in [-0.25, -0.2) is 9.18 Å². The molecule has 1 spiro atoms.